The molecule has 1 aromatic rings. The number of hydrogen-bond acceptors (Lipinski definition) is 4. The van der Waals surface area contributed by atoms with E-state index in [9.17, 15) is 9.59 Å². The van der Waals surface area contributed by atoms with Gasteiger partial charge in [0.05, 0.1) is 12.6 Å². The summed E-state index contributed by atoms with van der Waals surface area (Å²) < 4.78 is 0. The van der Waals surface area contributed by atoms with E-state index in [4.69, 9.17) is 5.26 Å². The van der Waals surface area contributed by atoms with Crippen LogP contribution in [0.3, 0.4) is 0 Å². The highest BCUT2D eigenvalue weighted by Gasteiger charge is 2.29. The zero-order chi connectivity index (χ0) is 19.2. The van der Waals surface area contributed by atoms with Gasteiger partial charge in [-0.25, -0.2) is 4.79 Å². The highest BCUT2D eigenvalue weighted by molar-refractivity contribution is 5.89. The quantitative estimate of drug-likeness (QED) is 0.844. The summed E-state index contributed by atoms with van der Waals surface area (Å²) in [6, 6.07) is 11.3. The van der Waals surface area contributed by atoms with Crippen LogP contribution in [0.5, 0.6) is 0 Å². The van der Waals surface area contributed by atoms with Crippen LogP contribution in [-0.4, -0.2) is 60.0 Å². The number of nitrogens with one attached hydrogen (secondary N) is 2. The fraction of sp³-hybridized carbons (Fsp3) is 0.526. The average molecular weight is 357 g/mol. The van der Waals surface area contributed by atoms with E-state index in [2.05, 4.69) is 21.6 Å². The predicted octanol–water partition coefficient (Wildman–Crippen LogP) is 2.03. The maximum Gasteiger partial charge on any atom is 0.319 e. The van der Waals surface area contributed by atoms with Crippen molar-refractivity contribution in [2.45, 2.75) is 38.3 Å². The van der Waals surface area contributed by atoms with Crippen LogP contribution in [0.15, 0.2) is 30.3 Å². The lowest BCUT2D eigenvalue weighted by atomic mass is 10.0. The molecule has 0 aliphatic carbocycles. The summed E-state index contributed by atoms with van der Waals surface area (Å²) in [6.45, 7) is 5.23. The van der Waals surface area contributed by atoms with E-state index in [1.54, 1.807) is 20.9 Å². The minimum atomic E-state index is -0.813. The van der Waals surface area contributed by atoms with Gasteiger partial charge in [0.1, 0.15) is 5.54 Å². The first-order valence-corrected chi connectivity index (χ1v) is 8.84. The normalized spacial score (nSPS) is 15.8. The van der Waals surface area contributed by atoms with Crippen LogP contribution in [0.1, 0.15) is 26.7 Å². The number of amides is 3. The smallest absolute Gasteiger partial charge is 0.319 e. The Morgan fingerprint density at radius 1 is 1.27 bits per heavy atom. The standard InChI is InChI=1S/C19H27N5O2/c1-19(2,14-20)23(3)17(25)13-24-11-9-16(10-12-24)22-18(26)21-15-7-5-4-6-8-15/h4-8,16H,9-13H2,1-3H3,(H2,21,22,26). The number of carbonyl (C=O) groups is 2. The summed E-state index contributed by atoms with van der Waals surface area (Å²) >= 11 is 0. The molecular weight excluding hydrogens is 330 g/mol. The molecule has 1 fully saturated rings. The number of hydrogen-bond donors (Lipinski definition) is 2. The van der Waals surface area contributed by atoms with Gasteiger partial charge < -0.3 is 15.5 Å². The van der Waals surface area contributed by atoms with E-state index < -0.39 is 5.54 Å². The van der Waals surface area contributed by atoms with Crippen molar-refractivity contribution in [1.82, 2.24) is 15.1 Å². The first-order valence-electron chi connectivity index (χ1n) is 8.84. The molecule has 2 rings (SSSR count). The van der Waals surface area contributed by atoms with E-state index in [1.165, 1.54) is 4.90 Å². The van der Waals surface area contributed by atoms with Gasteiger partial charge in [0, 0.05) is 31.9 Å². The van der Waals surface area contributed by atoms with Crippen LogP contribution in [0, 0.1) is 11.3 Å². The van der Waals surface area contributed by atoms with Gasteiger partial charge in [-0.2, -0.15) is 5.26 Å². The summed E-state index contributed by atoms with van der Waals surface area (Å²) in [7, 11) is 1.66. The van der Waals surface area contributed by atoms with Gasteiger partial charge in [0.15, 0.2) is 0 Å². The Kier molecular flexibility index (Phi) is 6.58. The molecule has 3 amide bonds. The lowest BCUT2D eigenvalue weighted by Gasteiger charge is -2.35. The van der Waals surface area contributed by atoms with Crippen molar-refractivity contribution in [3.8, 4) is 6.07 Å². The van der Waals surface area contributed by atoms with E-state index >= 15 is 0 Å². The molecule has 0 saturated carbocycles. The van der Waals surface area contributed by atoms with Crippen molar-refractivity contribution in [2.75, 3.05) is 32.0 Å². The Morgan fingerprint density at radius 3 is 2.46 bits per heavy atom. The van der Waals surface area contributed by atoms with Gasteiger partial charge in [-0.15, -0.1) is 0 Å². The Morgan fingerprint density at radius 2 is 1.88 bits per heavy atom. The van der Waals surface area contributed by atoms with E-state index in [0.717, 1.165) is 31.6 Å². The maximum absolute atomic E-state index is 12.3. The Bertz CT molecular complexity index is 660. The minimum absolute atomic E-state index is 0.0650. The van der Waals surface area contributed by atoms with Gasteiger partial charge in [-0.3, -0.25) is 9.69 Å². The average Bonchev–Trinajstić information content (AvgIpc) is 2.63. The van der Waals surface area contributed by atoms with Crippen molar-refractivity contribution in [2.24, 2.45) is 0 Å². The molecule has 1 aliphatic rings. The molecule has 7 heteroatoms. The van der Waals surface area contributed by atoms with E-state index in [-0.39, 0.29) is 18.0 Å². The van der Waals surface area contributed by atoms with Crippen LogP contribution < -0.4 is 10.6 Å². The zero-order valence-corrected chi connectivity index (χ0v) is 15.7. The number of urea groups is 1. The Labute approximate surface area is 155 Å². The number of carbonyl (C=O) groups excluding carboxylic acids is 2. The van der Waals surface area contributed by atoms with Gasteiger partial charge in [0.2, 0.25) is 5.91 Å². The minimum Gasteiger partial charge on any atom is -0.335 e. The van der Waals surface area contributed by atoms with Gasteiger partial charge >= 0.3 is 6.03 Å². The monoisotopic (exact) mass is 357 g/mol. The van der Waals surface area contributed by atoms with E-state index in [0.29, 0.717) is 6.54 Å². The topological polar surface area (TPSA) is 88.5 Å². The number of piperidine rings is 1. The molecule has 0 spiro atoms. The highest BCUT2D eigenvalue weighted by Crippen LogP contribution is 2.14. The number of likely N-dealkylation sites (tertiary alicyclic amines) is 1. The van der Waals surface area contributed by atoms with Crippen LogP contribution in [0.4, 0.5) is 10.5 Å². The number of nitriles is 1. The number of rotatable bonds is 5. The van der Waals surface area contributed by atoms with Crippen LogP contribution in [-0.2, 0) is 4.79 Å². The molecule has 2 N–H and O–H groups in total. The van der Waals surface area contributed by atoms with Crippen LogP contribution in [0.25, 0.3) is 0 Å². The third-order valence-electron chi connectivity index (χ3n) is 4.80. The Hall–Kier alpha value is -2.59. The third-order valence-corrected chi connectivity index (χ3v) is 4.80. The van der Waals surface area contributed by atoms with Crippen molar-refractivity contribution in [1.29, 1.82) is 5.26 Å². The second-order valence-electron chi connectivity index (χ2n) is 7.14. The third kappa shape index (κ3) is 5.46. The highest BCUT2D eigenvalue weighted by atomic mass is 16.2. The molecule has 1 aliphatic heterocycles. The van der Waals surface area contributed by atoms with Gasteiger partial charge in [0.25, 0.3) is 0 Å². The lowest BCUT2D eigenvalue weighted by Crippen LogP contribution is -2.51. The van der Waals surface area contributed by atoms with Gasteiger partial charge in [-0.1, -0.05) is 18.2 Å². The van der Waals surface area contributed by atoms with E-state index in [1.807, 2.05) is 30.3 Å². The molecular formula is C19H27N5O2. The first kappa shape index (κ1) is 19.7. The summed E-state index contributed by atoms with van der Waals surface area (Å²) in [5, 5.41) is 14.9. The fourth-order valence-electron chi connectivity index (χ4n) is 2.79. The Balaban J connectivity index is 1.74. The number of nitrogens with zero attached hydrogens (tertiary/aromatic N) is 3. The molecule has 140 valence electrons. The largest absolute Gasteiger partial charge is 0.335 e. The van der Waals surface area contributed by atoms with Crippen LogP contribution >= 0.6 is 0 Å². The lowest BCUT2D eigenvalue weighted by molar-refractivity contribution is -0.134. The number of para-hydroxylation sites is 1. The number of likely N-dealkylation sites (N-methyl/N-ethyl adjacent to an activating group) is 1. The summed E-state index contributed by atoms with van der Waals surface area (Å²) in [4.78, 5) is 27.9. The number of anilines is 1. The van der Waals surface area contributed by atoms with Crippen molar-refractivity contribution in [3.05, 3.63) is 30.3 Å². The maximum atomic E-state index is 12.3. The summed E-state index contributed by atoms with van der Waals surface area (Å²) in [5.41, 5.74) is -0.0527. The zero-order valence-electron chi connectivity index (χ0n) is 15.7. The van der Waals surface area contributed by atoms with Gasteiger partial charge in [-0.05, 0) is 38.8 Å². The van der Waals surface area contributed by atoms with Crippen LogP contribution in [0.2, 0.25) is 0 Å². The second kappa shape index (κ2) is 8.68. The molecule has 1 aromatic carbocycles. The SMILES string of the molecule is CN(C(=O)CN1CCC(NC(=O)Nc2ccccc2)CC1)C(C)(C)C#N. The molecule has 1 saturated heterocycles. The van der Waals surface area contributed by atoms with Crippen molar-refractivity contribution < 1.29 is 9.59 Å². The second-order valence-corrected chi connectivity index (χ2v) is 7.14. The van der Waals surface area contributed by atoms with Crippen molar-refractivity contribution in [3.63, 3.8) is 0 Å². The number of benzene rings is 1. The molecule has 26 heavy (non-hydrogen) atoms. The summed E-state index contributed by atoms with van der Waals surface area (Å²) in [5.74, 6) is -0.0650. The molecule has 0 radical (unpaired) electrons. The van der Waals surface area contributed by atoms with Crippen molar-refractivity contribution >= 4 is 17.6 Å². The summed E-state index contributed by atoms with van der Waals surface area (Å²) in [6.07, 6.45) is 1.59. The molecule has 7 nitrogen and oxygen atoms in total. The fourth-order valence-corrected chi connectivity index (χ4v) is 2.79. The predicted molar refractivity (Wildman–Crippen MR) is 101 cm³/mol. The first-order chi connectivity index (χ1) is 12.3. The molecule has 0 aromatic heterocycles. The molecule has 0 bridgehead atoms. The molecule has 0 unspecified atom stereocenters. The molecule has 1 heterocycles. The molecule has 0 atom stereocenters.